The minimum absolute atomic E-state index is 0.124. The number of hydrogen-bond donors (Lipinski definition) is 3. The molecule has 11 heteroatoms. The number of hydrogen-bond acceptors (Lipinski definition) is 7. The van der Waals surface area contributed by atoms with Crippen molar-refractivity contribution < 1.29 is 34.2 Å². The van der Waals surface area contributed by atoms with E-state index in [1.807, 2.05) is 0 Å². The zero-order chi connectivity index (χ0) is 15.4. The molecule has 20 heavy (non-hydrogen) atoms. The van der Waals surface area contributed by atoms with Crippen LogP contribution < -0.4 is 5.32 Å². The summed E-state index contributed by atoms with van der Waals surface area (Å²) in [6, 6.07) is -5.21. The number of aliphatic carboxylic acids is 2. The molecule has 1 aliphatic rings. The minimum Gasteiger partial charge on any atom is -0.481 e. The van der Waals surface area contributed by atoms with Crippen LogP contribution in [0, 0.1) is 4.91 Å². The van der Waals surface area contributed by atoms with Gasteiger partial charge < -0.3 is 10.2 Å². The van der Waals surface area contributed by atoms with Gasteiger partial charge in [0.2, 0.25) is 6.04 Å². The smallest absolute Gasteiger partial charge is 0.331 e. The molecule has 1 saturated heterocycles. The Morgan fingerprint density at radius 3 is 2.35 bits per heavy atom. The lowest BCUT2D eigenvalue weighted by atomic mass is 10.1. The van der Waals surface area contributed by atoms with Crippen molar-refractivity contribution in [1.82, 2.24) is 10.2 Å². The van der Waals surface area contributed by atoms with Crippen molar-refractivity contribution in [2.75, 3.05) is 0 Å². The van der Waals surface area contributed by atoms with Gasteiger partial charge in [0.15, 0.2) is 0 Å². The van der Waals surface area contributed by atoms with Crippen molar-refractivity contribution in [2.24, 2.45) is 5.18 Å². The second-order valence-corrected chi connectivity index (χ2v) is 3.80. The number of barbiturate groups is 1. The molecule has 0 aromatic carbocycles. The van der Waals surface area contributed by atoms with Crippen LogP contribution in [-0.2, 0) is 19.2 Å². The fourth-order valence-corrected chi connectivity index (χ4v) is 1.59. The van der Waals surface area contributed by atoms with Crippen molar-refractivity contribution >= 4 is 29.8 Å². The van der Waals surface area contributed by atoms with E-state index in [0.717, 1.165) is 0 Å². The Morgan fingerprint density at radius 1 is 1.30 bits per heavy atom. The largest absolute Gasteiger partial charge is 0.481 e. The molecule has 0 radical (unpaired) electrons. The standard InChI is InChI=1S/C9H9N3O8/c13-4(14)2-1-3(8(17)18)12-7(16)5(11-20)6(15)10-9(12)19/h3,5H,1-2H2,(H,13,14)(H,17,18)(H,10,15,19). The highest BCUT2D eigenvalue weighted by Gasteiger charge is 2.46. The third kappa shape index (κ3) is 2.93. The van der Waals surface area contributed by atoms with Crippen LogP contribution in [0.3, 0.4) is 0 Å². The molecule has 108 valence electrons. The fraction of sp³-hybridized carbons (Fsp3) is 0.444. The van der Waals surface area contributed by atoms with Crippen LogP contribution in [-0.4, -0.2) is 57.0 Å². The second kappa shape index (κ2) is 5.86. The average Bonchev–Trinajstić information content (AvgIpc) is 2.32. The first-order chi connectivity index (χ1) is 9.29. The third-order valence-corrected chi connectivity index (χ3v) is 2.50. The molecule has 2 atom stereocenters. The van der Waals surface area contributed by atoms with Crippen molar-refractivity contribution in [3.8, 4) is 0 Å². The van der Waals surface area contributed by atoms with Gasteiger partial charge in [-0.15, -0.1) is 4.91 Å². The SMILES string of the molecule is O=NC1C(=O)NC(=O)N(C(CCC(=O)O)C(=O)O)C1=O. The molecular formula is C9H9N3O8. The highest BCUT2D eigenvalue weighted by atomic mass is 16.4. The summed E-state index contributed by atoms with van der Waals surface area (Å²) in [5.74, 6) is -5.63. The molecular weight excluding hydrogens is 278 g/mol. The molecule has 0 saturated carbocycles. The lowest BCUT2D eigenvalue weighted by Crippen LogP contribution is -2.64. The van der Waals surface area contributed by atoms with Crippen LogP contribution in [0.25, 0.3) is 0 Å². The molecule has 1 aliphatic heterocycles. The number of nitrogens with zero attached hydrogens (tertiary/aromatic N) is 2. The zero-order valence-electron chi connectivity index (χ0n) is 9.81. The van der Waals surface area contributed by atoms with E-state index < -0.39 is 54.7 Å². The number of carboxylic acid groups (broad SMARTS) is 2. The zero-order valence-corrected chi connectivity index (χ0v) is 9.81. The molecule has 1 rings (SSSR count). The van der Waals surface area contributed by atoms with Gasteiger partial charge in [0.1, 0.15) is 6.04 Å². The molecule has 0 aromatic heterocycles. The van der Waals surface area contributed by atoms with E-state index in [0.29, 0.717) is 0 Å². The van der Waals surface area contributed by atoms with Gasteiger partial charge in [0, 0.05) is 6.42 Å². The Kier molecular flexibility index (Phi) is 4.46. The van der Waals surface area contributed by atoms with Crippen LogP contribution in [0.1, 0.15) is 12.8 Å². The number of rotatable bonds is 6. The Hall–Kier alpha value is -2.85. The average molecular weight is 287 g/mol. The van der Waals surface area contributed by atoms with Crippen molar-refractivity contribution in [1.29, 1.82) is 0 Å². The maximum atomic E-state index is 11.7. The Morgan fingerprint density at radius 2 is 1.90 bits per heavy atom. The molecule has 11 nitrogen and oxygen atoms in total. The van der Waals surface area contributed by atoms with E-state index in [1.54, 1.807) is 5.32 Å². The number of urea groups is 1. The van der Waals surface area contributed by atoms with E-state index >= 15 is 0 Å². The molecule has 0 aliphatic carbocycles. The Balaban J connectivity index is 3.04. The molecule has 4 amide bonds. The number of carboxylic acids is 2. The Bertz CT molecular complexity index is 501. The van der Waals surface area contributed by atoms with Crippen LogP contribution in [0.4, 0.5) is 4.79 Å². The number of carbonyl (C=O) groups is 5. The molecule has 0 aromatic rings. The quantitative estimate of drug-likeness (QED) is 0.392. The highest BCUT2D eigenvalue weighted by Crippen LogP contribution is 2.15. The van der Waals surface area contributed by atoms with Crippen molar-refractivity contribution in [3.05, 3.63) is 4.91 Å². The van der Waals surface area contributed by atoms with Crippen molar-refractivity contribution in [3.63, 3.8) is 0 Å². The van der Waals surface area contributed by atoms with Crippen LogP contribution in [0.5, 0.6) is 0 Å². The first-order valence-electron chi connectivity index (χ1n) is 5.24. The van der Waals surface area contributed by atoms with E-state index in [-0.39, 0.29) is 4.90 Å². The van der Waals surface area contributed by atoms with Crippen LogP contribution >= 0.6 is 0 Å². The first kappa shape index (κ1) is 15.2. The molecule has 3 N–H and O–H groups in total. The fourth-order valence-electron chi connectivity index (χ4n) is 1.59. The summed E-state index contributed by atoms with van der Waals surface area (Å²) in [6.45, 7) is 0. The highest BCUT2D eigenvalue weighted by molar-refractivity contribution is 6.20. The molecule has 2 unspecified atom stereocenters. The van der Waals surface area contributed by atoms with Gasteiger partial charge in [-0.2, -0.15) is 0 Å². The van der Waals surface area contributed by atoms with Gasteiger partial charge in [0.25, 0.3) is 11.8 Å². The minimum atomic E-state index is -2.07. The lowest BCUT2D eigenvalue weighted by molar-refractivity contribution is -0.152. The molecule has 0 spiro atoms. The monoisotopic (exact) mass is 287 g/mol. The second-order valence-electron chi connectivity index (χ2n) is 3.80. The number of nitroso groups, excluding NO2 is 1. The number of imide groups is 2. The molecule has 1 heterocycles. The summed E-state index contributed by atoms with van der Waals surface area (Å²) in [7, 11) is 0. The molecule has 0 bridgehead atoms. The van der Waals surface area contributed by atoms with Crippen LogP contribution in [0.2, 0.25) is 0 Å². The maximum Gasteiger partial charge on any atom is 0.331 e. The molecule has 1 fully saturated rings. The van der Waals surface area contributed by atoms with E-state index in [1.165, 1.54) is 0 Å². The summed E-state index contributed by atoms with van der Waals surface area (Å²) in [5.41, 5.74) is 0. The summed E-state index contributed by atoms with van der Waals surface area (Å²) in [5, 5.41) is 21.3. The van der Waals surface area contributed by atoms with E-state index in [4.69, 9.17) is 10.2 Å². The summed E-state index contributed by atoms with van der Waals surface area (Å²) in [4.78, 5) is 66.3. The van der Waals surface area contributed by atoms with Crippen molar-refractivity contribution in [2.45, 2.75) is 24.9 Å². The van der Waals surface area contributed by atoms with E-state index in [2.05, 4.69) is 5.18 Å². The number of carbonyl (C=O) groups excluding carboxylic acids is 3. The predicted octanol–water partition coefficient (Wildman–Crippen LogP) is -1.48. The predicted molar refractivity (Wildman–Crippen MR) is 58.3 cm³/mol. The number of amides is 4. The first-order valence-corrected chi connectivity index (χ1v) is 5.24. The van der Waals surface area contributed by atoms with Gasteiger partial charge in [-0.3, -0.25) is 19.7 Å². The van der Waals surface area contributed by atoms with Gasteiger partial charge in [0.05, 0.1) is 0 Å². The Labute approximate surface area is 110 Å². The van der Waals surface area contributed by atoms with Gasteiger partial charge in [-0.25, -0.2) is 14.5 Å². The van der Waals surface area contributed by atoms with Gasteiger partial charge >= 0.3 is 18.0 Å². The van der Waals surface area contributed by atoms with Gasteiger partial charge in [-0.1, -0.05) is 0 Å². The summed E-state index contributed by atoms with van der Waals surface area (Å²) < 4.78 is 0. The third-order valence-electron chi connectivity index (χ3n) is 2.50. The van der Waals surface area contributed by atoms with Crippen LogP contribution in [0.15, 0.2) is 5.18 Å². The summed E-state index contributed by atoms with van der Waals surface area (Å²) in [6.07, 6.45) is -1.19. The normalized spacial score (nSPS) is 20.3. The maximum absolute atomic E-state index is 11.7. The van der Waals surface area contributed by atoms with E-state index in [9.17, 15) is 28.9 Å². The number of nitrogens with one attached hydrogen (secondary N) is 1. The topological polar surface area (TPSA) is 171 Å². The lowest BCUT2D eigenvalue weighted by Gasteiger charge is -2.31. The summed E-state index contributed by atoms with van der Waals surface area (Å²) >= 11 is 0. The van der Waals surface area contributed by atoms with Gasteiger partial charge in [-0.05, 0) is 11.6 Å².